The number of pyridine rings is 1. The Morgan fingerprint density at radius 2 is 1.96 bits per heavy atom. The van der Waals surface area contributed by atoms with E-state index in [-0.39, 0.29) is 12.5 Å². The van der Waals surface area contributed by atoms with Crippen LogP contribution in [-0.2, 0) is 4.79 Å². The van der Waals surface area contributed by atoms with E-state index < -0.39 is 5.76 Å². The molecule has 0 atom stereocenters. The number of aromatic nitrogens is 1. The summed E-state index contributed by atoms with van der Waals surface area (Å²) in [5, 5.41) is 3.93. The molecule has 0 aliphatic rings. The van der Waals surface area contributed by atoms with Crippen molar-refractivity contribution in [3.8, 4) is 5.75 Å². The summed E-state index contributed by atoms with van der Waals surface area (Å²) >= 11 is 6.57. The summed E-state index contributed by atoms with van der Waals surface area (Å²) in [5.41, 5.74) is 1.07. The van der Waals surface area contributed by atoms with Crippen molar-refractivity contribution >= 4 is 45.9 Å². The zero-order chi connectivity index (χ0) is 18.5. The fourth-order valence-electron chi connectivity index (χ4n) is 2.29. The van der Waals surface area contributed by atoms with Crippen LogP contribution in [0.5, 0.6) is 5.75 Å². The van der Waals surface area contributed by atoms with Crippen molar-refractivity contribution in [2.75, 3.05) is 11.9 Å². The number of alkyl halides is 2. The summed E-state index contributed by atoms with van der Waals surface area (Å²) in [6.45, 7) is -0.221. The van der Waals surface area contributed by atoms with Crippen LogP contribution in [0.2, 0.25) is 5.02 Å². The lowest BCUT2D eigenvalue weighted by Crippen LogP contribution is -2.20. The molecular weight excluding hydrogens is 382 g/mol. The first-order valence-electron chi connectivity index (χ1n) is 7.53. The molecule has 3 rings (SSSR count). The maximum Gasteiger partial charge on any atom is 0.288 e. The third-order valence-electron chi connectivity index (χ3n) is 3.40. The van der Waals surface area contributed by atoms with Gasteiger partial charge in [-0.25, -0.2) is 0 Å². The lowest BCUT2D eigenvalue weighted by molar-refractivity contribution is -0.118. The second-order valence-electron chi connectivity index (χ2n) is 5.18. The predicted molar refractivity (Wildman–Crippen MR) is 99.2 cm³/mol. The molecule has 0 fully saturated rings. The van der Waals surface area contributed by atoms with Gasteiger partial charge in [0.1, 0.15) is 11.3 Å². The molecule has 2 aromatic carbocycles. The average molecular weight is 395 g/mol. The summed E-state index contributed by atoms with van der Waals surface area (Å²) in [6.07, 6.45) is 1.62. The van der Waals surface area contributed by atoms with Gasteiger partial charge in [-0.3, -0.25) is 9.78 Å². The molecule has 3 aromatic rings. The third kappa shape index (κ3) is 4.62. The molecule has 0 aliphatic heterocycles. The van der Waals surface area contributed by atoms with Crippen molar-refractivity contribution in [3.05, 3.63) is 59.8 Å². The van der Waals surface area contributed by atoms with Crippen molar-refractivity contribution < 1.29 is 18.3 Å². The highest BCUT2D eigenvalue weighted by atomic mass is 35.5. The first kappa shape index (κ1) is 18.4. The van der Waals surface area contributed by atoms with Crippen molar-refractivity contribution in [2.24, 2.45) is 0 Å². The Morgan fingerprint density at radius 3 is 2.69 bits per heavy atom. The largest absolute Gasteiger partial charge is 0.481 e. The Bertz CT molecular complexity index is 923. The molecule has 0 bridgehead atoms. The van der Waals surface area contributed by atoms with E-state index >= 15 is 0 Å². The molecule has 0 saturated heterocycles. The molecule has 0 unspecified atom stereocenters. The van der Waals surface area contributed by atoms with E-state index in [1.165, 1.54) is 12.1 Å². The second-order valence-corrected chi connectivity index (χ2v) is 6.66. The topological polar surface area (TPSA) is 51.2 Å². The summed E-state index contributed by atoms with van der Waals surface area (Å²) in [6, 6.07) is 13.1. The lowest BCUT2D eigenvalue weighted by Gasteiger charge is -2.10. The minimum atomic E-state index is -2.48. The second kappa shape index (κ2) is 8.33. The van der Waals surface area contributed by atoms with Crippen LogP contribution in [0.1, 0.15) is 0 Å². The molecule has 134 valence electrons. The monoisotopic (exact) mass is 394 g/mol. The third-order valence-corrected chi connectivity index (χ3v) is 4.45. The smallest absolute Gasteiger partial charge is 0.288 e. The van der Waals surface area contributed by atoms with Gasteiger partial charge in [0.15, 0.2) is 6.61 Å². The van der Waals surface area contributed by atoms with E-state index in [2.05, 4.69) is 10.3 Å². The van der Waals surface area contributed by atoms with E-state index in [1.807, 2.05) is 6.07 Å². The predicted octanol–water partition coefficient (Wildman–Crippen LogP) is 5.22. The Labute approximate surface area is 157 Å². The molecule has 8 heteroatoms. The number of thioether (sulfide) groups is 1. The Morgan fingerprint density at radius 1 is 1.19 bits per heavy atom. The number of nitrogens with zero attached hydrogens (tertiary/aromatic N) is 1. The molecule has 1 N–H and O–H groups in total. The molecule has 0 saturated carbocycles. The number of carbonyl (C=O) groups excluding carboxylic acids is 1. The van der Waals surface area contributed by atoms with E-state index in [0.717, 1.165) is 5.39 Å². The number of nitrogens with one attached hydrogen (secondary N) is 1. The number of ether oxygens (including phenoxy) is 1. The molecule has 26 heavy (non-hydrogen) atoms. The summed E-state index contributed by atoms with van der Waals surface area (Å²) < 4.78 is 30.1. The average Bonchev–Trinajstić information content (AvgIpc) is 2.63. The van der Waals surface area contributed by atoms with Crippen LogP contribution < -0.4 is 10.1 Å². The maximum absolute atomic E-state index is 12.3. The SMILES string of the molecule is O=C(COc1ccc(Cl)c2cccnc12)Nc1ccc(SC(F)F)cc1. The minimum Gasteiger partial charge on any atom is -0.481 e. The minimum absolute atomic E-state index is 0.221. The quantitative estimate of drug-likeness (QED) is 0.582. The van der Waals surface area contributed by atoms with Gasteiger partial charge >= 0.3 is 0 Å². The highest BCUT2D eigenvalue weighted by molar-refractivity contribution is 7.99. The number of halogens is 3. The van der Waals surface area contributed by atoms with Crippen molar-refractivity contribution in [2.45, 2.75) is 10.7 Å². The lowest BCUT2D eigenvalue weighted by atomic mass is 10.2. The van der Waals surface area contributed by atoms with Crippen LogP contribution in [0.15, 0.2) is 59.6 Å². The van der Waals surface area contributed by atoms with E-state index in [0.29, 0.717) is 38.6 Å². The van der Waals surface area contributed by atoms with Crippen LogP contribution >= 0.6 is 23.4 Å². The van der Waals surface area contributed by atoms with Crippen LogP contribution in [-0.4, -0.2) is 23.3 Å². The summed E-state index contributed by atoms with van der Waals surface area (Å²) in [4.78, 5) is 16.7. The van der Waals surface area contributed by atoms with Gasteiger partial charge in [0.25, 0.3) is 11.7 Å². The summed E-state index contributed by atoms with van der Waals surface area (Å²) in [7, 11) is 0. The Balaban J connectivity index is 1.62. The van der Waals surface area contributed by atoms with Gasteiger partial charge in [-0.1, -0.05) is 23.4 Å². The molecule has 4 nitrogen and oxygen atoms in total. The Hall–Kier alpha value is -2.38. The van der Waals surface area contributed by atoms with Gasteiger partial charge in [-0.05, 0) is 48.5 Å². The standard InChI is InChI=1S/C18H13ClF2N2O2S/c19-14-7-8-15(17-13(14)2-1-9-22-17)25-10-16(24)23-11-3-5-12(6-4-11)26-18(20)21/h1-9,18H,10H2,(H,23,24). The molecular formula is C18H13ClF2N2O2S. The van der Waals surface area contributed by atoms with Gasteiger partial charge in [-0.2, -0.15) is 8.78 Å². The number of anilines is 1. The molecule has 0 radical (unpaired) electrons. The molecule has 1 aromatic heterocycles. The van der Waals surface area contributed by atoms with Crippen LogP contribution in [0.4, 0.5) is 14.5 Å². The first-order chi connectivity index (χ1) is 12.5. The van der Waals surface area contributed by atoms with E-state index in [4.69, 9.17) is 16.3 Å². The van der Waals surface area contributed by atoms with Crippen LogP contribution in [0.25, 0.3) is 10.9 Å². The van der Waals surface area contributed by atoms with Gasteiger partial charge in [0.2, 0.25) is 0 Å². The van der Waals surface area contributed by atoms with Gasteiger partial charge < -0.3 is 10.1 Å². The normalized spacial score (nSPS) is 10.9. The number of benzene rings is 2. The first-order valence-corrected chi connectivity index (χ1v) is 8.79. The zero-order valence-electron chi connectivity index (χ0n) is 13.3. The molecule has 1 amide bonds. The maximum atomic E-state index is 12.3. The molecule has 0 spiro atoms. The van der Waals surface area contributed by atoms with Gasteiger partial charge in [0.05, 0.1) is 5.02 Å². The van der Waals surface area contributed by atoms with E-state index in [9.17, 15) is 13.6 Å². The van der Waals surface area contributed by atoms with E-state index in [1.54, 1.807) is 36.5 Å². The highest BCUT2D eigenvalue weighted by Gasteiger charge is 2.10. The van der Waals surface area contributed by atoms with Crippen LogP contribution in [0, 0.1) is 0 Å². The number of hydrogen-bond donors (Lipinski definition) is 1. The zero-order valence-corrected chi connectivity index (χ0v) is 14.9. The molecule has 0 aliphatic carbocycles. The number of hydrogen-bond acceptors (Lipinski definition) is 4. The fourth-order valence-corrected chi connectivity index (χ4v) is 3.00. The van der Waals surface area contributed by atoms with Crippen LogP contribution in [0.3, 0.4) is 0 Å². The summed E-state index contributed by atoms with van der Waals surface area (Å²) in [5.74, 6) is -2.41. The Kier molecular flexibility index (Phi) is 5.90. The van der Waals surface area contributed by atoms with Crippen molar-refractivity contribution in [3.63, 3.8) is 0 Å². The fraction of sp³-hybridized carbons (Fsp3) is 0.111. The van der Waals surface area contributed by atoms with Gasteiger partial charge in [-0.15, -0.1) is 0 Å². The number of carbonyl (C=O) groups is 1. The van der Waals surface area contributed by atoms with Crippen molar-refractivity contribution in [1.82, 2.24) is 4.98 Å². The molecule has 1 heterocycles. The highest BCUT2D eigenvalue weighted by Crippen LogP contribution is 2.29. The number of rotatable bonds is 6. The van der Waals surface area contributed by atoms with Gasteiger partial charge in [0, 0.05) is 22.2 Å². The van der Waals surface area contributed by atoms with Crippen molar-refractivity contribution in [1.29, 1.82) is 0 Å². The number of amides is 1. The number of fused-ring (bicyclic) bond motifs is 1.